The number of anilines is 1. The second-order valence-electron chi connectivity index (χ2n) is 9.50. The molecule has 2 aliphatic rings. The zero-order valence-electron chi connectivity index (χ0n) is 20.3. The Labute approximate surface area is 229 Å². The average molecular weight is 571 g/mol. The number of ether oxygens (including phenoxy) is 2. The van der Waals surface area contributed by atoms with Gasteiger partial charge in [-0.15, -0.1) is 0 Å². The van der Waals surface area contributed by atoms with Gasteiger partial charge in [-0.25, -0.2) is 19.0 Å². The van der Waals surface area contributed by atoms with E-state index in [2.05, 4.69) is 19.9 Å². The Kier molecular flexibility index (Phi) is 5.96. The van der Waals surface area contributed by atoms with Gasteiger partial charge in [-0.3, -0.25) is 9.55 Å². The number of carboxylic acid groups (broad SMARTS) is 2. The van der Waals surface area contributed by atoms with Crippen LogP contribution in [0.15, 0.2) is 55.0 Å². The quantitative estimate of drug-likeness (QED) is 0.177. The van der Waals surface area contributed by atoms with E-state index in [1.807, 2.05) is 0 Å². The van der Waals surface area contributed by atoms with Crippen LogP contribution >= 0.6 is 11.6 Å². The lowest BCUT2D eigenvalue weighted by Crippen LogP contribution is -2.53. The summed E-state index contributed by atoms with van der Waals surface area (Å²) in [7, 11) is 0. The first-order chi connectivity index (χ1) is 19.1. The maximum Gasteiger partial charge on any atom is 0.348 e. The summed E-state index contributed by atoms with van der Waals surface area (Å²) in [6, 6.07) is 11.8. The standard InChI is InChI=1S/C25H20ClFN6O7/c26-23-31-18(28)14-19(32-23)33(10-30-14)20-15(27)25(38)16(39-20)17(25)40-24(21(34)35,22(36)37)9-11-4-6-12(7-5-11)13-3-1-2-8-29-13/h1-8,10,15-17,20,38H,9H2,(H,34,35)(H,36,37)(H2,28,31,32)/t15-,16-,17?,20-,25+/m1/s1. The summed E-state index contributed by atoms with van der Waals surface area (Å²) >= 11 is 5.86. The minimum absolute atomic E-state index is 0.0481. The van der Waals surface area contributed by atoms with Gasteiger partial charge in [0, 0.05) is 18.2 Å². The molecule has 0 bridgehead atoms. The van der Waals surface area contributed by atoms with Gasteiger partial charge in [0.1, 0.15) is 17.7 Å². The molecule has 1 saturated carbocycles. The third-order valence-electron chi connectivity index (χ3n) is 7.14. The summed E-state index contributed by atoms with van der Waals surface area (Å²) in [6.07, 6.45) is -4.39. The van der Waals surface area contributed by atoms with Gasteiger partial charge < -0.3 is 30.5 Å². The number of carboxylic acids is 2. The number of rotatable bonds is 8. The van der Waals surface area contributed by atoms with Crippen molar-refractivity contribution in [1.82, 2.24) is 24.5 Å². The summed E-state index contributed by atoms with van der Waals surface area (Å²) in [5.41, 5.74) is 2.51. The van der Waals surface area contributed by atoms with Crippen molar-refractivity contribution >= 4 is 40.5 Å². The lowest BCUT2D eigenvalue weighted by molar-refractivity contribution is -0.194. The second kappa shape index (κ2) is 9.16. The van der Waals surface area contributed by atoms with Gasteiger partial charge in [0.05, 0.1) is 12.0 Å². The van der Waals surface area contributed by atoms with Crippen LogP contribution in [0.3, 0.4) is 0 Å². The summed E-state index contributed by atoms with van der Waals surface area (Å²) in [5.74, 6) is -3.69. The monoisotopic (exact) mass is 570 g/mol. The highest BCUT2D eigenvalue weighted by atomic mass is 35.5. The molecule has 5 N–H and O–H groups in total. The van der Waals surface area contributed by atoms with Gasteiger partial charge in [-0.05, 0) is 29.3 Å². The Hall–Kier alpha value is -4.24. The minimum atomic E-state index is -2.84. The minimum Gasteiger partial charge on any atom is -0.479 e. The first kappa shape index (κ1) is 26.0. The first-order valence-electron chi connectivity index (χ1n) is 11.9. The van der Waals surface area contributed by atoms with E-state index in [1.54, 1.807) is 48.7 Å². The van der Waals surface area contributed by atoms with Gasteiger partial charge >= 0.3 is 11.9 Å². The van der Waals surface area contributed by atoms with Crippen LogP contribution in [-0.2, 0) is 25.5 Å². The van der Waals surface area contributed by atoms with E-state index in [0.717, 1.165) is 10.1 Å². The van der Waals surface area contributed by atoms with E-state index >= 15 is 4.39 Å². The maximum atomic E-state index is 15.6. The molecule has 206 valence electrons. The largest absolute Gasteiger partial charge is 0.479 e. The van der Waals surface area contributed by atoms with E-state index in [-0.39, 0.29) is 22.3 Å². The number of fused-ring (bicyclic) bond motifs is 2. The van der Waals surface area contributed by atoms with Crippen LogP contribution in [0.2, 0.25) is 5.28 Å². The molecule has 6 rings (SSSR count). The molecule has 2 fully saturated rings. The van der Waals surface area contributed by atoms with Gasteiger partial charge in [-0.1, -0.05) is 30.3 Å². The van der Waals surface area contributed by atoms with Crippen LogP contribution in [0.25, 0.3) is 22.4 Å². The van der Waals surface area contributed by atoms with Crippen molar-refractivity contribution in [3.63, 3.8) is 0 Å². The fraction of sp³-hybridized carbons (Fsp3) is 0.280. The molecule has 1 aliphatic heterocycles. The molecule has 1 saturated heterocycles. The number of halogens is 2. The van der Waals surface area contributed by atoms with Gasteiger partial charge in [0.25, 0.3) is 5.60 Å². The molecule has 15 heteroatoms. The SMILES string of the molecule is Nc1nc(Cl)nc2c1ncn2[C@@H]1O[C@@H]2C(OC(Cc3ccc(-c4ccccn4)cc3)(C(=O)O)C(=O)O)[C@]2(O)[C@@H]1F. The fourth-order valence-electron chi connectivity index (χ4n) is 4.95. The Balaban J connectivity index is 1.24. The molecular weight excluding hydrogens is 551 g/mol. The number of benzene rings is 1. The van der Waals surface area contributed by atoms with Crippen LogP contribution in [-0.4, -0.2) is 81.3 Å². The molecule has 4 heterocycles. The Bertz CT molecular complexity index is 1620. The number of alkyl halides is 1. The van der Waals surface area contributed by atoms with Crippen molar-refractivity contribution in [3.8, 4) is 11.3 Å². The van der Waals surface area contributed by atoms with Crippen LogP contribution < -0.4 is 5.73 Å². The Morgan fingerprint density at radius 2 is 1.88 bits per heavy atom. The van der Waals surface area contributed by atoms with Crippen LogP contribution in [0.5, 0.6) is 0 Å². The van der Waals surface area contributed by atoms with E-state index in [1.165, 1.54) is 6.33 Å². The number of imidazole rings is 1. The molecule has 0 spiro atoms. The molecule has 4 aromatic rings. The molecule has 1 aromatic carbocycles. The number of hydrogen-bond donors (Lipinski definition) is 4. The normalized spacial score (nSPS) is 25.6. The zero-order chi connectivity index (χ0) is 28.4. The van der Waals surface area contributed by atoms with E-state index in [0.29, 0.717) is 11.3 Å². The summed E-state index contributed by atoms with van der Waals surface area (Å²) < 4.78 is 28.0. The van der Waals surface area contributed by atoms with Crippen molar-refractivity contribution in [2.75, 3.05) is 5.73 Å². The molecule has 0 radical (unpaired) electrons. The number of aliphatic carboxylic acids is 2. The van der Waals surface area contributed by atoms with Crippen molar-refractivity contribution in [2.45, 2.75) is 42.2 Å². The summed E-state index contributed by atoms with van der Waals surface area (Å²) in [4.78, 5) is 40.6. The summed E-state index contributed by atoms with van der Waals surface area (Å²) in [6.45, 7) is 0. The van der Waals surface area contributed by atoms with Crippen LogP contribution in [0.1, 0.15) is 11.8 Å². The van der Waals surface area contributed by atoms with Crippen molar-refractivity contribution < 1.29 is 38.8 Å². The molecule has 13 nitrogen and oxygen atoms in total. The molecule has 0 amide bonds. The number of carbonyl (C=O) groups is 2. The van der Waals surface area contributed by atoms with E-state index in [9.17, 15) is 24.9 Å². The molecule has 40 heavy (non-hydrogen) atoms. The molecule has 5 atom stereocenters. The van der Waals surface area contributed by atoms with Crippen molar-refractivity contribution in [3.05, 3.63) is 65.8 Å². The third-order valence-corrected chi connectivity index (χ3v) is 7.31. The maximum absolute atomic E-state index is 15.6. The van der Waals surface area contributed by atoms with Crippen molar-refractivity contribution in [2.24, 2.45) is 0 Å². The first-order valence-corrected chi connectivity index (χ1v) is 12.3. The molecular formula is C25H20ClFN6O7. The Morgan fingerprint density at radius 1 is 1.15 bits per heavy atom. The fourth-order valence-corrected chi connectivity index (χ4v) is 5.12. The summed E-state index contributed by atoms with van der Waals surface area (Å²) in [5, 5.41) is 30.8. The predicted molar refractivity (Wildman–Crippen MR) is 135 cm³/mol. The number of nitrogens with zero attached hydrogens (tertiary/aromatic N) is 5. The topological polar surface area (TPSA) is 196 Å². The smallest absolute Gasteiger partial charge is 0.348 e. The number of hydrogen-bond acceptors (Lipinski definition) is 10. The average Bonchev–Trinajstić information content (AvgIpc) is 3.17. The number of nitrogens with two attached hydrogens (primary N) is 1. The number of aliphatic hydroxyl groups is 1. The van der Waals surface area contributed by atoms with Crippen molar-refractivity contribution in [1.29, 1.82) is 0 Å². The van der Waals surface area contributed by atoms with Crippen LogP contribution in [0, 0.1) is 0 Å². The molecule has 3 aromatic heterocycles. The van der Waals surface area contributed by atoms with Gasteiger partial charge in [0.2, 0.25) is 5.28 Å². The lowest BCUT2D eigenvalue weighted by Gasteiger charge is -2.28. The molecule has 1 unspecified atom stereocenters. The number of nitrogen functional groups attached to an aromatic ring is 1. The molecule has 1 aliphatic carbocycles. The number of pyridine rings is 1. The lowest BCUT2D eigenvalue weighted by atomic mass is 9.93. The van der Waals surface area contributed by atoms with Crippen LogP contribution in [0.4, 0.5) is 10.2 Å². The predicted octanol–water partition coefficient (Wildman–Crippen LogP) is 1.64. The Morgan fingerprint density at radius 3 is 2.48 bits per heavy atom. The zero-order valence-corrected chi connectivity index (χ0v) is 21.0. The highest BCUT2D eigenvalue weighted by Gasteiger charge is 2.80. The highest BCUT2D eigenvalue weighted by Crippen LogP contribution is 2.58. The third kappa shape index (κ3) is 3.87. The second-order valence-corrected chi connectivity index (χ2v) is 9.84. The number of aromatic nitrogens is 5. The van der Waals surface area contributed by atoms with Gasteiger partial charge in [0.15, 0.2) is 29.5 Å². The van der Waals surface area contributed by atoms with Gasteiger partial charge in [-0.2, -0.15) is 9.97 Å². The highest BCUT2D eigenvalue weighted by molar-refractivity contribution is 6.28. The van der Waals surface area contributed by atoms with E-state index in [4.69, 9.17) is 26.8 Å². The van der Waals surface area contributed by atoms with E-state index < -0.39 is 54.2 Å².